The van der Waals surface area contributed by atoms with Crippen LogP contribution in [0.4, 0.5) is 0 Å². The van der Waals surface area contributed by atoms with Crippen molar-refractivity contribution in [3.05, 3.63) is 29.8 Å². The molecule has 3 heteroatoms. The van der Waals surface area contributed by atoms with Crippen LogP contribution in [0.25, 0.3) is 0 Å². The summed E-state index contributed by atoms with van der Waals surface area (Å²) in [6.07, 6.45) is 8.83. The molecule has 0 atom stereocenters. The van der Waals surface area contributed by atoms with Gasteiger partial charge in [-0.2, -0.15) is 0 Å². The minimum Gasteiger partial charge on any atom is -0.494 e. The number of benzene rings is 1. The van der Waals surface area contributed by atoms with Crippen molar-refractivity contribution in [1.82, 2.24) is 5.32 Å². The zero-order valence-electron chi connectivity index (χ0n) is 13.5. The van der Waals surface area contributed by atoms with Crippen LogP contribution in [-0.2, 0) is 6.54 Å². The summed E-state index contributed by atoms with van der Waals surface area (Å²) in [5.41, 5.74) is 1.85. The molecular weight excluding hydrogens is 294 g/mol. The van der Waals surface area contributed by atoms with Gasteiger partial charge in [-0.25, -0.2) is 0 Å². The Hall–Kier alpha value is -0.730. The smallest absolute Gasteiger partial charge is 0.119 e. The molecule has 0 unspecified atom stereocenters. The lowest BCUT2D eigenvalue weighted by Gasteiger charge is -2.57. The molecule has 5 rings (SSSR count). The van der Waals surface area contributed by atoms with Gasteiger partial charge in [0.25, 0.3) is 0 Å². The summed E-state index contributed by atoms with van der Waals surface area (Å²) in [6, 6.07) is 8.61. The molecule has 0 aliphatic heterocycles. The Morgan fingerprint density at radius 1 is 1.00 bits per heavy atom. The van der Waals surface area contributed by atoms with Crippen LogP contribution in [0, 0.1) is 17.8 Å². The Morgan fingerprint density at radius 2 is 1.55 bits per heavy atom. The van der Waals surface area contributed by atoms with Crippen molar-refractivity contribution in [3.63, 3.8) is 0 Å². The van der Waals surface area contributed by atoms with Crippen LogP contribution in [0.15, 0.2) is 24.3 Å². The van der Waals surface area contributed by atoms with Crippen molar-refractivity contribution in [2.75, 3.05) is 6.61 Å². The molecule has 0 saturated heterocycles. The molecule has 1 aromatic rings. The molecule has 0 amide bonds. The second-order valence-corrected chi connectivity index (χ2v) is 7.63. The lowest BCUT2D eigenvalue weighted by molar-refractivity contribution is -0.0206. The molecule has 2 nitrogen and oxygen atoms in total. The van der Waals surface area contributed by atoms with E-state index in [2.05, 4.69) is 29.6 Å². The molecule has 0 heterocycles. The summed E-state index contributed by atoms with van der Waals surface area (Å²) in [7, 11) is 0. The fourth-order valence-electron chi connectivity index (χ4n) is 5.49. The van der Waals surface area contributed by atoms with Gasteiger partial charge >= 0.3 is 0 Å². The van der Waals surface area contributed by atoms with E-state index in [0.717, 1.165) is 36.7 Å². The SMILES string of the molecule is CCOc1ccc(CNC23CC4CC(CC(C4)C2)C3)cc1.Cl. The average Bonchev–Trinajstić information content (AvgIpc) is 2.46. The first-order chi connectivity index (χ1) is 10.2. The number of halogens is 1. The zero-order chi connectivity index (χ0) is 14.3. The van der Waals surface area contributed by atoms with Gasteiger partial charge in [-0.1, -0.05) is 12.1 Å². The molecule has 4 fully saturated rings. The predicted octanol–water partition coefficient (Wildman–Crippen LogP) is 4.57. The van der Waals surface area contributed by atoms with Gasteiger partial charge < -0.3 is 10.1 Å². The van der Waals surface area contributed by atoms with Crippen LogP contribution in [0.3, 0.4) is 0 Å². The third-order valence-electron chi connectivity index (χ3n) is 5.94. The second kappa shape index (κ2) is 6.41. The van der Waals surface area contributed by atoms with E-state index in [9.17, 15) is 0 Å². The summed E-state index contributed by atoms with van der Waals surface area (Å²) >= 11 is 0. The van der Waals surface area contributed by atoms with Gasteiger partial charge in [0.1, 0.15) is 5.75 Å². The van der Waals surface area contributed by atoms with E-state index in [0.29, 0.717) is 5.54 Å². The fraction of sp³-hybridized carbons (Fsp3) is 0.684. The molecule has 0 radical (unpaired) electrons. The molecule has 22 heavy (non-hydrogen) atoms. The maximum absolute atomic E-state index is 5.52. The molecule has 1 N–H and O–H groups in total. The third-order valence-corrected chi connectivity index (χ3v) is 5.94. The van der Waals surface area contributed by atoms with Gasteiger partial charge in [-0.05, 0) is 80.9 Å². The summed E-state index contributed by atoms with van der Waals surface area (Å²) < 4.78 is 5.52. The van der Waals surface area contributed by atoms with Crippen molar-refractivity contribution < 1.29 is 4.74 Å². The number of ether oxygens (including phenoxy) is 1. The Kier molecular flexibility index (Phi) is 4.70. The highest BCUT2D eigenvalue weighted by Crippen LogP contribution is 2.55. The van der Waals surface area contributed by atoms with Crippen LogP contribution < -0.4 is 10.1 Å². The van der Waals surface area contributed by atoms with E-state index < -0.39 is 0 Å². The Morgan fingerprint density at radius 3 is 2.05 bits per heavy atom. The quantitative estimate of drug-likeness (QED) is 0.858. The highest BCUT2D eigenvalue weighted by molar-refractivity contribution is 5.85. The molecule has 1 aromatic carbocycles. The van der Waals surface area contributed by atoms with Gasteiger partial charge in [0.15, 0.2) is 0 Å². The minimum absolute atomic E-state index is 0. The summed E-state index contributed by atoms with van der Waals surface area (Å²) in [5, 5.41) is 3.95. The topological polar surface area (TPSA) is 21.3 Å². The molecule has 4 saturated carbocycles. The van der Waals surface area contributed by atoms with Crippen molar-refractivity contribution >= 4 is 12.4 Å². The number of nitrogens with one attached hydrogen (secondary N) is 1. The molecule has 0 spiro atoms. The molecule has 4 aliphatic rings. The van der Waals surface area contributed by atoms with E-state index in [4.69, 9.17) is 4.74 Å². The third kappa shape index (κ3) is 3.14. The first kappa shape index (κ1) is 16.1. The summed E-state index contributed by atoms with van der Waals surface area (Å²) in [5.74, 6) is 4.04. The predicted molar refractivity (Wildman–Crippen MR) is 92.6 cm³/mol. The largest absolute Gasteiger partial charge is 0.494 e. The Bertz CT molecular complexity index is 463. The lowest BCUT2D eigenvalue weighted by Crippen LogP contribution is -2.58. The maximum atomic E-state index is 5.52. The number of hydrogen-bond donors (Lipinski definition) is 1. The summed E-state index contributed by atoms with van der Waals surface area (Å²) in [4.78, 5) is 0. The van der Waals surface area contributed by atoms with E-state index in [-0.39, 0.29) is 12.4 Å². The van der Waals surface area contributed by atoms with Crippen molar-refractivity contribution in [3.8, 4) is 5.75 Å². The van der Waals surface area contributed by atoms with Crippen LogP contribution in [-0.4, -0.2) is 12.1 Å². The van der Waals surface area contributed by atoms with E-state index in [1.807, 2.05) is 6.92 Å². The van der Waals surface area contributed by atoms with Crippen LogP contribution in [0.5, 0.6) is 5.75 Å². The van der Waals surface area contributed by atoms with E-state index in [1.54, 1.807) is 0 Å². The van der Waals surface area contributed by atoms with Gasteiger partial charge in [0, 0.05) is 12.1 Å². The standard InChI is InChI=1S/C19H27NO.ClH/c1-2-21-18-5-3-14(4-6-18)13-20-19-10-15-7-16(11-19)9-17(8-15)12-19;/h3-6,15-17,20H,2,7-13H2,1H3;1H. The average molecular weight is 322 g/mol. The molecule has 0 aromatic heterocycles. The van der Waals surface area contributed by atoms with E-state index in [1.165, 1.54) is 44.1 Å². The van der Waals surface area contributed by atoms with Gasteiger partial charge in [0.2, 0.25) is 0 Å². The normalized spacial score (nSPS) is 35.2. The second-order valence-electron chi connectivity index (χ2n) is 7.63. The maximum Gasteiger partial charge on any atom is 0.119 e. The molecule has 4 bridgehead atoms. The van der Waals surface area contributed by atoms with Crippen LogP contribution >= 0.6 is 12.4 Å². The monoisotopic (exact) mass is 321 g/mol. The molecule has 122 valence electrons. The van der Waals surface area contributed by atoms with E-state index >= 15 is 0 Å². The number of rotatable bonds is 5. The van der Waals surface area contributed by atoms with Gasteiger partial charge in [-0.3, -0.25) is 0 Å². The highest BCUT2D eigenvalue weighted by atomic mass is 35.5. The first-order valence-corrected chi connectivity index (χ1v) is 8.71. The van der Waals surface area contributed by atoms with Crippen molar-refractivity contribution in [1.29, 1.82) is 0 Å². The van der Waals surface area contributed by atoms with Gasteiger partial charge in [0.05, 0.1) is 6.61 Å². The minimum atomic E-state index is 0. The van der Waals surface area contributed by atoms with Crippen molar-refractivity contribution in [2.24, 2.45) is 17.8 Å². The molecular formula is C19H28ClNO. The lowest BCUT2D eigenvalue weighted by atomic mass is 9.53. The first-order valence-electron chi connectivity index (χ1n) is 8.71. The Labute approximate surface area is 140 Å². The number of hydrogen-bond acceptors (Lipinski definition) is 2. The summed E-state index contributed by atoms with van der Waals surface area (Å²) in [6.45, 7) is 3.78. The van der Waals surface area contributed by atoms with Gasteiger partial charge in [-0.15, -0.1) is 12.4 Å². The highest BCUT2D eigenvalue weighted by Gasteiger charge is 2.50. The van der Waals surface area contributed by atoms with Crippen molar-refractivity contribution in [2.45, 2.75) is 57.5 Å². The fourth-order valence-corrected chi connectivity index (χ4v) is 5.49. The van der Waals surface area contributed by atoms with Crippen LogP contribution in [0.1, 0.15) is 51.0 Å². The molecule has 4 aliphatic carbocycles. The van der Waals surface area contributed by atoms with Crippen LogP contribution in [0.2, 0.25) is 0 Å². The Balaban J connectivity index is 0.00000144. The zero-order valence-corrected chi connectivity index (χ0v) is 14.3.